The number of halogens is 3. The zero-order valence-corrected chi connectivity index (χ0v) is 7.81. The Morgan fingerprint density at radius 2 is 2.00 bits per heavy atom. The first-order chi connectivity index (χ1) is 6.97. The van der Waals surface area contributed by atoms with Gasteiger partial charge in [-0.1, -0.05) is 12.7 Å². The summed E-state index contributed by atoms with van der Waals surface area (Å²) in [6.45, 7) is 4.14. The molecule has 0 atom stereocenters. The Labute approximate surface area is 84.0 Å². The lowest BCUT2D eigenvalue weighted by molar-refractivity contribution is -0.132. The molecule has 0 saturated carbocycles. The van der Waals surface area contributed by atoms with E-state index in [-0.39, 0.29) is 5.56 Å². The number of benzene rings is 1. The Balaban J connectivity index is 3.35. The Morgan fingerprint density at radius 3 is 2.47 bits per heavy atom. The first-order valence-corrected chi connectivity index (χ1v) is 3.95. The highest BCUT2D eigenvalue weighted by atomic mass is 19.2. The molecule has 1 aromatic rings. The molecule has 0 heterocycles. The third-order valence-electron chi connectivity index (χ3n) is 1.61. The summed E-state index contributed by atoms with van der Waals surface area (Å²) >= 11 is 0. The summed E-state index contributed by atoms with van der Waals surface area (Å²) in [6, 6.07) is 0.698. The molecule has 0 radical (unpaired) electrons. The summed E-state index contributed by atoms with van der Waals surface area (Å²) in [5.41, 5.74) is -0.332. The van der Waals surface area contributed by atoms with Crippen LogP contribution >= 0.6 is 0 Å². The molecular weight excluding hydrogens is 209 g/mol. The summed E-state index contributed by atoms with van der Waals surface area (Å²) in [5.74, 6) is -5.97. The van der Waals surface area contributed by atoms with Gasteiger partial charge >= 0.3 is 5.97 Å². The van der Waals surface area contributed by atoms with Crippen molar-refractivity contribution in [1.82, 2.24) is 0 Å². The predicted octanol–water partition coefficient (Wildman–Crippen LogP) is 2.67. The van der Waals surface area contributed by atoms with Crippen molar-refractivity contribution in [2.45, 2.75) is 6.92 Å². The molecule has 2 nitrogen and oxygen atoms in total. The van der Waals surface area contributed by atoms with Gasteiger partial charge in [0.25, 0.3) is 0 Å². The van der Waals surface area contributed by atoms with E-state index < -0.39 is 29.2 Å². The van der Waals surface area contributed by atoms with E-state index in [0.717, 1.165) is 13.0 Å². The first-order valence-electron chi connectivity index (χ1n) is 3.95. The van der Waals surface area contributed by atoms with Gasteiger partial charge in [-0.25, -0.2) is 8.78 Å². The van der Waals surface area contributed by atoms with Crippen LogP contribution in [0, 0.1) is 17.5 Å². The average molecular weight is 216 g/mol. The van der Waals surface area contributed by atoms with Crippen molar-refractivity contribution in [2.75, 3.05) is 0 Å². The number of esters is 1. The quantitative estimate of drug-likeness (QED) is 0.431. The van der Waals surface area contributed by atoms with Crippen LogP contribution in [-0.4, -0.2) is 5.97 Å². The van der Waals surface area contributed by atoms with Crippen molar-refractivity contribution in [3.05, 3.63) is 35.7 Å². The average Bonchev–Trinajstić information content (AvgIpc) is 2.18. The second kappa shape index (κ2) is 4.16. The van der Waals surface area contributed by atoms with Crippen LogP contribution < -0.4 is 4.74 Å². The van der Waals surface area contributed by atoms with Gasteiger partial charge in [0.2, 0.25) is 11.6 Å². The van der Waals surface area contributed by atoms with Gasteiger partial charge in [-0.3, -0.25) is 4.79 Å². The monoisotopic (exact) mass is 216 g/mol. The van der Waals surface area contributed by atoms with E-state index >= 15 is 0 Å². The van der Waals surface area contributed by atoms with Crippen molar-refractivity contribution < 1.29 is 22.7 Å². The Kier molecular flexibility index (Phi) is 3.14. The normalized spacial score (nSPS) is 9.87. The standard InChI is InChI=1S/C10H7F3O2/c1-3-6-4-7(11)10(15-5(2)14)9(13)8(6)12/h3-4H,1H2,2H3. The van der Waals surface area contributed by atoms with Crippen molar-refractivity contribution in [3.8, 4) is 5.75 Å². The Bertz CT molecular complexity index is 427. The van der Waals surface area contributed by atoms with Crippen LogP contribution in [0.1, 0.15) is 12.5 Å². The molecule has 0 aliphatic heterocycles. The fourth-order valence-corrected chi connectivity index (χ4v) is 0.982. The second-order valence-electron chi connectivity index (χ2n) is 2.70. The number of ether oxygens (including phenoxy) is 1. The highest BCUT2D eigenvalue weighted by Gasteiger charge is 2.20. The molecule has 0 unspecified atom stereocenters. The van der Waals surface area contributed by atoms with Gasteiger partial charge in [-0.15, -0.1) is 0 Å². The van der Waals surface area contributed by atoms with E-state index in [1.54, 1.807) is 0 Å². The van der Waals surface area contributed by atoms with Crippen molar-refractivity contribution >= 4 is 12.0 Å². The molecule has 0 aliphatic carbocycles. The fraction of sp³-hybridized carbons (Fsp3) is 0.100. The van der Waals surface area contributed by atoms with Crippen LogP contribution in [-0.2, 0) is 4.79 Å². The third-order valence-corrected chi connectivity index (χ3v) is 1.61. The van der Waals surface area contributed by atoms with Crippen LogP contribution in [0.4, 0.5) is 13.2 Å². The van der Waals surface area contributed by atoms with E-state index in [4.69, 9.17) is 0 Å². The maximum Gasteiger partial charge on any atom is 0.308 e. The van der Waals surface area contributed by atoms with Crippen LogP contribution in [0.15, 0.2) is 12.6 Å². The molecule has 0 bridgehead atoms. The highest BCUT2D eigenvalue weighted by Crippen LogP contribution is 2.27. The molecule has 0 fully saturated rings. The van der Waals surface area contributed by atoms with Crippen LogP contribution in [0.3, 0.4) is 0 Å². The van der Waals surface area contributed by atoms with Gasteiger partial charge in [-0.05, 0) is 6.07 Å². The molecular formula is C10H7F3O2. The van der Waals surface area contributed by atoms with Gasteiger partial charge in [0.05, 0.1) is 0 Å². The lowest BCUT2D eigenvalue weighted by atomic mass is 10.2. The zero-order valence-electron chi connectivity index (χ0n) is 7.81. The molecule has 1 aromatic carbocycles. The summed E-state index contributed by atoms with van der Waals surface area (Å²) in [6.07, 6.45) is 0.957. The topological polar surface area (TPSA) is 26.3 Å². The lowest BCUT2D eigenvalue weighted by Crippen LogP contribution is -2.07. The summed E-state index contributed by atoms with van der Waals surface area (Å²) in [7, 11) is 0. The van der Waals surface area contributed by atoms with Gasteiger partial charge in [-0.2, -0.15) is 4.39 Å². The van der Waals surface area contributed by atoms with E-state index in [0.29, 0.717) is 6.07 Å². The van der Waals surface area contributed by atoms with Gasteiger partial charge in [0.1, 0.15) is 0 Å². The second-order valence-corrected chi connectivity index (χ2v) is 2.70. The van der Waals surface area contributed by atoms with Crippen LogP contribution in [0.2, 0.25) is 0 Å². The molecule has 1 rings (SSSR count). The number of hydrogen-bond donors (Lipinski definition) is 0. The van der Waals surface area contributed by atoms with E-state index in [1.807, 2.05) is 0 Å². The molecule has 0 spiro atoms. The van der Waals surface area contributed by atoms with Gasteiger partial charge in [0.15, 0.2) is 11.6 Å². The van der Waals surface area contributed by atoms with E-state index in [9.17, 15) is 18.0 Å². The molecule has 0 amide bonds. The Morgan fingerprint density at radius 1 is 1.40 bits per heavy atom. The van der Waals surface area contributed by atoms with Crippen molar-refractivity contribution in [2.24, 2.45) is 0 Å². The minimum Gasteiger partial charge on any atom is -0.420 e. The molecule has 0 saturated heterocycles. The fourth-order valence-electron chi connectivity index (χ4n) is 0.982. The minimum absolute atomic E-state index is 0.332. The molecule has 5 heteroatoms. The summed E-state index contributed by atoms with van der Waals surface area (Å²) in [4.78, 5) is 10.5. The molecule has 15 heavy (non-hydrogen) atoms. The number of rotatable bonds is 2. The molecule has 80 valence electrons. The summed E-state index contributed by atoms with van der Waals surface area (Å²) < 4.78 is 43.5. The van der Waals surface area contributed by atoms with Crippen molar-refractivity contribution in [3.63, 3.8) is 0 Å². The van der Waals surface area contributed by atoms with E-state index in [1.165, 1.54) is 0 Å². The zero-order chi connectivity index (χ0) is 11.6. The lowest BCUT2D eigenvalue weighted by Gasteiger charge is -2.06. The van der Waals surface area contributed by atoms with Crippen LogP contribution in [0.25, 0.3) is 6.08 Å². The SMILES string of the molecule is C=Cc1cc(F)c(OC(C)=O)c(F)c1F. The predicted molar refractivity (Wildman–Crippen MR) is 47.7 cm³/mol. The Hall–Kier alpha value is -1.78. The largest absolute Gasteiger partial charge is 0.420 e. The maximum atomic E-state index is 13.1. The molecule has 0 aliphatic rings. The highest BCUT2D eigenvalue weighted by molar-refractivity contribution is 5.69. The maximum absolute atomic E-state index is 13.1. The first kappa shape index (κ1) is 11.3. The number of carbonyl (C=O) groups is 1. The van der Waals surface area contributed by atoms with Crippen LogP contribution in [0.5, 0.6) is 5.75 Å². The molecule has 0 N–H and O–H groups in total. The number of hydrogen-bond acceptors (Lipinski definition) is 2. The van der Waals surface area contributed by atoms with Gasteiger partial charge in [0, 0.05) is 12.5 Å². The van der Waals surface area contributed by atoms with Crippen molar-refractivity contribution in [1.29, 1.82) is 0 Å². The minimum atomic E-state index is -1.54. The number of carbonyl (C=O) groups excluding carboxylic acids is 1. The molecule has 0 aromatic heterocycles. The third kappa shape index (κ3) is 2.18. The van der Waals surface area contributed by atoms with Gasteiger partial charge < -0.3 is 4.74 Å². The smallest absolute Gasteiger partial charge is 0.308 e. The summed E-state index contributed by atoms with van der Waals surface area (Å²) in [5, 5.41) is 0. The van der Waals surface area contributed by atoms with E-state index in [2.05, 4.69) is 11.3 Å².